The third-order valence-corrected chi connectivity index (χ3v) is 5.67. The molecule has 5 nitrogen and oxygen atoms in total. The lowest BCUT2D eigenvalue weighted by Crippen LogP contribution is -2.28. The first-order valence-corrected chi connectivity index (χ1v) is 9.90. The first kappa shape index (κ1) is 22.3. The van der Waals surface area contributed by atoms with Crippen LogP contribution in [0.25, 0.3) is 0 Å². The maximum absolute atomic E-state index is 12.5. The molecule has 0 aromatic heterocycles. The van der Waals surface area contributed by atoms with Crippen LogP contribution in [0.5, 0.6) is 5.75 Å². The topological polar surface area (TPSA) is 67.4 Å². The molecule has 2 N–H and O–H groups in total. The molecule has 1 heterocycles. The van der Waals surface area contributed by atoms with Crippen molar-refractivity contribution in [3.63, 3.8) is 0 Å². The summed E-state index contributed by atoms with van der Waals surface area (Å²) in [6, 6.07) is 11.2. The van der Waals surface area contributed by atoms with Gasteiger partial charge in [-0.15, -0.1) is 25.6 Å². The van der Waals surface area contributed by atoms with Crippen molar-refractivity contribution >= 4 is 28.1 Å². The molecule has 1 saturated heterocycles. The van der Waals surface area contributed by atoms with Gasteiger partial charge in [-0.1, -0.05) is 12.1 Å². The molecule has 1 unspecified atom stereocenters. The molecule has 2 aromatic rings. The number of halogens is 4. The van der Waals surface area contributed by atoms with Crippen molar-refractivity contribution in [3.05, 3.63) is 54.1 Å². The molecule has 2 aromatic carbocycles. The maximum atomic E-state index is 12.5. The van der Waals surface area contributed by atoms with Gasteiger partial charge >= 0.3 is 6.36 Å². The summed E-state index contributed by atoms with van der Waals surface area (Å²) in [5, 5.41) is 3.32. The van der Waals surface area contributed by atoms with E-state index in [1.54, 1.807) is 18.2 Å². The normalized spacial score (nSPS) is 17.5. The van der Waals surface area contributed by atoms with E-state index in [2.05, 4.69) is 14.8 Å². The van der Waals surface area contributed by atoms with Crippen LogP contribution >= 0.6 is 12.4 Å². The Balaban J connectivity index is 0.00000280. The van der Waals surface area contributed by atoms with E-state index in [4.69, 9.17) is 0 Å². The highest BCUT2D eigenvalue weighted by molar-refractivity contribution is 7.92. The van der Waals surface area contributed by atoms with Gasteiger partial charge in [0.15, 0.2) is 0 Å². The Hall–Kier alpha value is -1.97. The highest BCUT2D eigenvalue weighted by Crippen LogP contribution is 2.27. The summed E-state index contributed by atoms with van der Waals surface area (Å²) in [6.45, 7) is 1.83. The van der Waals surface area contributed by atoms with Gasteiger partial charge in [0.1, 0.15) is 5.75 Å². The summed E-state index contributed by atoms with van der Waals surface area (Å²) >= 11 is 0. The quantitative estimate of drug-likeness (QED) is 0.734. The summed E-state index contributed by atoms with van der Waals surface area (Å²) in [6.07, 6.45) is -2.73. The highest BCUT2D eigenvalue weighted by atomic mass is 35.5. The molecule has 28 heavy (non-hydrogen) atoms. The van der Waals surface area contributed by atoms with Crippen LogP contribution in [0.1, 0.15) is 24.3 Å². The second-order valence-corrected chi connectivity index (χ2v) is 7.98. The van der Waals surface area contributed by atoms with Crippen molar-refractivity contribution in [2.24, 2.45) is 0 Å². The fourth-order valence-corrected chi connectivity index (χ4v) is 4.08. The SMILES string of the molecule is Cl.O=S(=O)(Nc1cccc(C2CCCNC2)c1)c1ccc(OC(F)(F)F)cc1. The number of piperidine rings is 1. The van der Waals surface area contributed by atoms with Crippen LogP contribution in [0.15, 0.2) is 53.4 Å². The number of ether oxygens (including phenoxy) is 1. The molecule has 154 valence electrons. The Labute approximate surface area is 167 Å². The average Bonchev–Trinajstić information content (AvgIpc) is 2.61. The van der Waals surface area contributed by atoms with Gasteiger partial charge in [-0.05, 0) is 67.3 Å². The zero-order chi connectivity index (χ0) is 19.5. The number of benzene rings is 2. The van der Waals surface area contributed by atoms with Gasteiger partial charge in [-0.3, -0.25) is 4.72 Å². The van der Waals surface area contributed by atoms with Gasteiger partial charge in [0.25, 0.3) is 10.0 Å². The van der Waals surface area contributed by atoms with Crippen LogP contribution < -0.4 is 14.8 Å². The molecule has 0 saturated carbocycles. The number of hydrogen-bond acceptors (Lipinski definition) is 4. The molecule has 1 aliphatic heterocycles. The summed E-state index contributed by atoms with van der Waals surface area (Å²) < 4.78 is 67.8. The van der Waals surface area contributed by atoms with Crippen molar-refractivity contribution in [2.75, 3.05) is 17.8 Å². The minimum absolute atomic E-state index is 0. The van der Waals surface area contributed by atoms with Gasteiger partial charge in [-0.25, -0.2) is 8.42 Å². The lowest BCUT2D eigenvalue weighted by atomic mass is 9.91. The Morgan fingerprint density at radius 2 is 1.82 bits per heavy atom. The van der Waals surface area contributed by atoms with Gasteiger partial charge < -0.3 is 10.1 Å². The molecular weight excluding hydrogens is 417 g/mol. The second kappa shape index (κ2) is 9.02. The zero-order valence-corrected chi connectivity index (χ0v) is 16.3. The van der Waals surface area contributed by atoms with Gasteiger partial charge in [-0.2, -0.15) is 0 Å². The fourth-order valence-electron chi connectivity index (χ4n) is 3.03. The lowest BCUT2D eigenvalue weighted by Gasteiger charge is -2.23. The predicted molar refractivity (Wildman–Crippen MR) is 102 cm³/mol. The van der Waals surface area contributed by atoms with Crippen LogP contribution in [-0.4, -0.2) is 27.9 Å². The van der Waals surface area contributed by atoms with Crippen LogP contribution in [0.4, 0.5) is 18.9 Å². The molecule has 0 aliphatic carbocycles. The first-order valence-electron chi connectivity index (χ1n) is 8.42. The van der Waals surface area contributed by atoms with E-state index >= 15 is 0 Å². The van der Waals surface area contributed by atoms with Gasteiger partial charge in [0.2, 0.25) is 0 Å². The Morgan fingerprint density at radius 1 is 1.11 bits per heavy atom. The van der Waals surface area contributed by atoms with Crippen molar-refractivity contribution in [3.8, 4) is 5.75 Å². The number of nitrogens with one attached hydrogen (secondary N) is 2. The monoisotopic (exact) mass is 436 g/mol. The summed E-state index contributed by atoms with van der Waals surface area (Å²) in [7, 11) is -3.92. The minimum atomic E-state index is -4.83. The van der Waals surface area contributed by atoms with Crippen molar-refractivity contribution in [1.29, 1.82) is 0 Å². The Kier molecular flexibility index (Phi) is 7.19. The van der Waals surface area contributed by atoms with E-state index in [0.717, 1.165) is 55.8 Å². The van der Waals surface area contributed by atoms with E-state index in [0.29, 0.717) is 11.6 Å². The van der Waals surface area contributed by atoms with E-state index in [1.165, 1.54) is 0 Å². The van der Waals surface area contributed by atoms with E-state index in [-0.39, 0.29) is 17.3 Å². The zero-order valence-electron chi connectivity index (χ0n) is 14.7. The number of alkyl halides is 3. The van der Waals surface area contributed by atoms with Gasteiger partial charge in [0, 0.05) is 12.2 Å². The molecule has 10 heteroatoms. The highest BCUT2D eigenvalue weighted by Gasteiger charge is 2.31. The van der Waals surface area contributed by atoms with Crippen LogP contribution in [0, 0.1) is 0 Å². The Morgan fingerprint density at radius 3 is 2.43 bits per heavy atom. The minimum Gasteiger partial charge on any atom is -0.406 e. The third kappa shape index (κ3) is 6.02. The molecule has 3 rings (SSSR count). The predicted octanol–water partition coefficient (Wildman–Crippen LogP) is 4.27. The molecule has 0 spiro atoms. The standard InChI is InChI=1S/C18H19F3N2O3S.ClH/c19-18(20,21)26-16-6-8-17(9-7-16)27(24,25)23-15-5-1-3-13(11-15)14-4-2-10-22-12-14;/h1,3,5-9,11,14,22-23H,2,4,10,12H2;1H. The van der Waals surface area contributed by atoms with Crippen molar-refractivity contribution < 1.29 is 26.3 Å². The molecule has 1 fully saturated rings. The first-order chi connectivity index (χ1) is 12.7. The molecule has 0 radical (unpaired) electrons. The molecule has 1 aliphatic rings. The molecule has 0 bridgehead atoms. The number of hydrogen-bond donors (Lipinski definition) is 2. The van der Waals surface area contributed by atoms with Gasteiger partial charge in [0.05, 0.1) is 4.90 Å². The molecule has 1 atom stereocenters. The Bertz CT molecular complexity index is 884. The van der Waals surface area contributed by atoms with Crippen LogP contribution in [0.2, 0.25) is 0 Å². The van der Waals surface area contributed by atoms with Crippen LogP contribution in [0.3, 0.4) is 0 Å². The van der Waals surface area contributed by atoms with E-state index < -0.39 is 22.1 Å². The molecule has 0 amide bonds. The van der Waals surface area contributed by atoms with Crippen molar-refractivity contribution in [2.45, 2.75) is 30.0 Å². The second-order valence-electron chi connectivity index (χ2n) is 6.29. The smallest absolute Gasteiger partial charge is 0.406 e. The summed E-state index contributed by atoms with van der Waals surface area (Å²) in [5.74, 6) is -0.157. The number of sulfonamides is 1. The fraction of sp³-hybridized carbons (Fsp3) is 0.333. The molecular formula is C18H20ClF3N2O3S. The third-order valence-electron chi connectivity index (χ3n) is 4.27. The largest absolute Gasteiger partial charge is 0.573 e. The van der Waals surface area contributed by atoms with E-state index in [1.807, 2.05) is 6.07 Å². The maximum Gasteiger partial charge on any atom is 0.573 e. The summed E-state index contributed by atoms with van der Waals surface area (Å²) in [5.41, 5.74) is 1.45. The van der Waals surface area contributed by atoms with E-state index in [9.17, 15) is 21.6 Å². The van der Waals surface area contributed by atoms with Crippen LogP contribution in [-0.2, 0) is 10.0 Å². The number of rotatable bonds is 5. The lowest BCUT2D eigenvalue weighted by molar-refractivity contribution is -0.274. The van der Waals surface area contributed by atoms with Crippen molar-refractivity contribution in [1.82, 2.24) is 5.32 Å². The average molecular weight is 437 g/mol. The number of anilines is 1. The summed E-state index contributed by atoms with van der Waals surface area (Å²) in [4.78, 5) is -0.151.